The molecule has 0 saturated heterocycles. The van der Waals surface area contributed by atoms with Crippen molar-refractivity contribution in [1.82, 2.24) is 5.32 Å². The van der Waals surface area contributed by atoms with Crippen molar-refractivity contribution < 1.29 is 12.8 Å². The lowest BCUT2D eigenvalue weighted by atomic mass is 10.2. The molecule has 5 nitrogen and oxygen atoms in total. The number of sulfone groups is 1. The van der Waals surface area contributed by atoms with Crippen LogP contribution >= 0.6 is 0 Å². The summed E-state index contributed by atoms with van der Waals surface area (Å²) in [6.45, 7) is 1.01. The van der Waals surface area contributed by atoms with Crippen LogP contribution in [0.4, 0.5) is 0 Å². The zero-order chi connectivity index (χ0) is 15.1. The average Bonchev–Trinajstić information content (AvgIpc) is 3.00. The molecule has 0 unspecified atom stereocenters. The van der Waals surface area contributed by atoms with Crippen LogP contribution in [0.1, 0.15) is 11.3 Å². The molecule has 0 aliphatic heterocycles. The van der Waals surface area contributed by atoms with Gasteiger partial charge in [0.05, 0.1) is 28.5 Å². The monoisotopic (exact) mass is 304 g/mol. The van der Waals surface area contributed by atoms with Gasteiger partial charge < -0.3 is 9.73 Å². The van der Waals surface area contributed by atoms with E-state index < -0.39 is 9.84 Å². The van der Waals surface area contributed by atoms with E-state index >= 15 is 0 Å². The van der Waals surface area contributed by atoms with Crippen molar-refractivity contribution in [3.63, 3.8) is 0 Å². The third-order valence-corrected chi connectivity index (χ3v) is 4.71. The van der Waals surface area contributed by atoms with Crippen molar-refractivity contribution in [2.75, 3.05) is 18.8 Å². The van der Waals surface area contributed by atoms with Crippen molar-refractivity contribution in [2.24, 2.45) is 0 Å². The molecule has 0 saturated carbocycles. The summed E-state index contributed by atoms with van der Waals surface area (Å²) < 4.78 is 29.4. The predicted octanol–water partition coefficient (Wildman–Crippen LogP) is 1.76. The van der Waals surface area contributed by atoms with Gasteiger partial charge in [-0.2, -0.15) is 5.26 Å². The molecule has 1 aromatic carbocycles. The molecule has 110 valence electrons. The first kappa shape index (κ1) is 15.3. The molecule has 0 aliphatic rings. The molecule has 0 amide bonds. The number of hydrogen-bond donors (Lipinski definition) is 1. The van der Waals surface area contributed by atoms with E-state index in [9.17, 15) is 8.42 Å². The smallest absolute Gasteiger partial charge is 0.179 e. The van der Waals surface area contributed by atoms with Gasteiger partial charge >= 0.3 is 0 Å². The van der Waals surface area contributed by atoms with E-state index in [-0.39, 0.29) is 10.6 Å². The summed E-state index contributed by atoms with van der Waals surface area (Å²) in [7, 11) is -3.36. The lowest BCUT2D eigenvalue weighted by Crippen LogP contribution is -2.25. The Balaban J connectivity index is 1.82. The summed E-state index contributed by atoms with van der Waals surface area (Å²) in [5.41, 5.74) is 0.349. The van der Waals surface area contributed by atoms with Gasteiger partial charge in [0, 0.05) is 19.5 Å². The fourth-order valence-corrected chi connectivity index (χ4v) is 3.12. The van der Waals surface area contributed by atoms with E-state index in [1.54, 1.807) is 18.4 Å². The maximum absolute atomic E-state index is 12.1. The number of hydrogen-bond acceptors (Lipinski definition) is 5. The van der Waals surface area contributed by atoms with Crippen LogP contribution in [0.2, 0.25) is 0 Å². The largest absolute Gasteiger partial charge is 0.469 e. The topological polar surface area (TPSA) is 83.1 Å². The Morgan fingerprint density at radius 1 is 1.19 bits per heavy atom. The van der Waals surface area contributed by atoms with Crippen LogP contribution in [0.15, 0.2) is 52.0 Å². The van der Waals surface area contributed by atoms with E-state index in [1.807, 2.05) is 18.2 Å². The normalized spacial score (nSPS) is 11.2. The second-order valence-corrected chi connectivity index (χ2v) is 6.65. The summed E-state index contributed by atoms with van der Waals surface area (Å²) >= 11 is 0. The van der Waals surface area contributed by atoms with E-state index in [0.29, 0.717) is 18.7 Å². The number of nitrogens with one attached hydrogen (secondary N) is 1. The molecule has 21 heavy (non-hydrogen) atoms. The summed E-state index contributed by atoms with van der Waals surface area (Å²) in [6, 6.07) is 11.7. The maximum atomic E-state index is 12.1. The van der Waals surface area contributed by atoms with Crippen LogP contribution in [-0.2, 0) is 16.3 Å². The number of rotatable bonds is 7. The van der Waals surface area contributed by atoms with Gasteiger partial charge in [-0.3, -0.25) is 0 Å². The molecule has 1 aromatic heterocycles. The summed E-state index contributed by atoms with van der Waals surface area (Å²) in [5.74, 6) is 0.868. The number of nitriles is 1. The predicted molar refractivity (Wildman–Crippen MR) is 78.5 cm³/mol. The highest BCUT2D eigenvalue weighted by Crippen LogP contribution is 2.12. The number of nitrogens with zero attached hydrogens (tertiary/aromatic N) is 1. The molecule has 2 aromatic rings. The molecule has 0 spiro atoms. The van der Waals surface area contributed by atoms with Gasteiger partial charge in [-0.1, -0.05) is 6.07 Å². The average molecular weight is 304 g/mol. The van der Waals surface area contributed by atoms with Crippen LogP contribution in [-0.4, -0.2) is 27.3 Å². The number of benzene rings is 1. The minimum atomic E-state index is -3.36. The number of furan rings is 1. The SMILES string of the molecule is N#Cc1cccc(S(=O)(=O)CCNCCc2ccco2)c1. The molecule has 0 bridgehead atoms. The molecule has 0 aliphatic carbocycles. The first-order valence-electron chi connectivity index (χ1n) is 6.58. The minimum absolute atomic E-state index is 0.0000364. The Bertz CT molecular complexity index is 716. The lowest BCUT2D eigenvalue weighted by Gasteiger charge is -2.06. The van der Waals surface area contributed by atoms with Crippen molar-refractivity contribution in [1.29, 1.82) is 5.26 Å². The van der Waals surface area contributed by atoms with Crippen molar-refractivity contribution >= 4 is 9.84 Å². The third kappa shape index (κ3) is 4.45. The maximum Gasteiger partial charge on any atom is 0.179 e. The fourth-order valence-electron chi connectivity index (χ4n) is 1.87. The minimum Gasteiger partial charge on any atom is -0.469 e. The van der Waals surface area contributed by atoms with E-state index in [2.05, 4.69) is 5.32 Å². The summed E-state index contributed by atoms with van der Waals surface area (Å²) in [6.07, 6.45) is 2.33. The Kier molecular flexibility index (Phi) is 5.14. The summed E-state index contributed by atoms with van der Waals surface area (Å²) in [4.78, 5) is 0.189. The van der Waals surface area contributed by atoms with Gasteiger partial charge in [-0.15, -0.1) is 0 Å². The van der Waals surface area contributed by atoms with Crippen LogP contribution in [0.5, 0.6) is 0 Å². The molecule has 6 heteroatoms. The van der Waals surface area contributed by atoms with Gasteiger partial charge in [-0.05, 0) is 30.3 Å². The molecule has 0 fully saturated rings. The first-order valence-corrected chi connectivity index (χ1v) is 8.23. The zero-order valence-electron chi connectivity index (χ0n) is 11.5. The van der Waals surface area contributed by atoms with E-state index in [1.165, 1.54) is 12.1 Å². The molecular weight excluding hydrogens is 288 g/mol. The Morgan fingerprint density at radius 3 is 2.76 bits per heavy atom. The molecule has 0 atom stereocenters. The second-order valence-electron chi connectivity index (χ2n) is 4.54. The van der Waals surface area contributed by atoms with Crippen LogP contribution in [0, 0.1) is 11.3 Å². The van der Waals surface area contributed by atoms with Gasteiger partial charge in [0.25, 0.3) is 0 Å². The highest BCUT2D eigenvalue weighted by Gasteiger charge is 2.14. The first-order chi connectivity index (χ1) is 10.1. The van der Waals surface area contributed by atoms with Crippen molar-refractivity contribution in [3.8, 4) is 6.07 Å². The van der Waals surface area contributed by atoms with Gasteiger partial charge in [0.15, 0.2) is 9.84 Å². The fraction of sp³-hybridized carbons (Fsp3) is 0.267. The van der Waals surface area contributed by atoms with Crippen LogP contribution in [0.25, 0.3) is 0 Å². The molecule has 2 rings (SSSR count). The Labute approximate surface area is 124 Å². The van der Waals surface area contributed by atoms with Gasteiger partial charge in [0.1, 0.15) is 5.76 Å². The Morgan fingerprint density at radius 2 is 2.05 bits per heavy atom. The van der Waals surface area contributed by atoms with Crippen LogP contribution in [0.3, 0.4) is 0 Å². The zero-order valence-corrected chi connectivity index (χ0v) is 12.3. The van der Waals surface area contributed by atoms with Crippen LogP contribution < -0.4 is 5.32 Å². The molecule has 0 radical (unpaired) electrons. The standard InChI is InChI=1S/C15H16N2O3S/c16-12-13-3-1-5-15(11-13)21(18,19)10-8-17-7-6-14-4-2-9-20-14/h1-5,9,11,17H,6-8,10H2. The van der Waals surface area contributed by atoms with E-state index in [0.717, 1.165) is 12.2 Å². The molecule has 1 N–H and O–H groups in total. The van der Waals surface area contributed by atoms with Crippen molar-refractivity contribution in [3.05, 3.63) is 54.0 Å². The molecule has 1 heterocycles. The highest BCUT2D eigenvalue weighted by atomic mass is 32.2. The quantitative estimate of drug-likeness (QED) is 0.788. The van der Waals surface area contributed by atoms with Gasteiger partial charge in [0.2, 0.25) is 0 Å². The molecular formula is C15H16N2O3S. The highest BCUT2D eigenvalue weighted by molar-refractivity contribution is 7.91. The second kappa shape index (κ2) is 7.07. The lowest BCUT2D eigenvalue weighted by molar-refractivity contribution is 0.500. The van der Waals surface area contributed by atoms with Crippen molar-refractivity contribution in [2.45, 2.75) is 11.3 Å². The van der Waals surface area contributed by atoms with Gasteiger partial charge in [-0.25, -0.2) is 8.42 Å². The third-order valence-electron chi connectivity index (χ3n) is 3.00. The summed E-state index contributed by atoms with van der Waals surface area (Å²) in [5, 5.41) is 11.9. The Hall–Kier alpha value is -2.10. The van der Waals surface area contributed by atoms with E-state index in [4.69, 9.17) is 9.68 Å².